The van der Waals surface area contributed by atoms with Crippen molar-refractivity contribution in [3.63, 3.8) is 0 Å². The summed E-state index contributed by atoms with van der Waals surface area (Å²) in [5, 5.41) is 28.8. The van der Waals surface area contributed by atoms with Crippen molar-refractivity contribution in [3.05, 3.63) is 11.4 Å². The second-order valence-corrected chi connectivity index (χ2v) is 3.60. The Bertz CT molecular complexity index is 288. The van der Waals surface area contributed by atoms with E-state index < -0.39 is 5.54 Å². The predicted molar refractivity (Wildman–Crippen MR) is 53.1 cm³/mol. The fraction of sp³-hybridized carbons (Fsp3) is 0.778. The lowest BCUT2D eigenvalue weighted by atomic mass is 9.98. The highest BCUT2D eigenvalue weighted by Gasteiger charge is 2.26. The van der Waals surface area contributed by atoms with E-state index in [0.29, 0.717) is 24.4 Å². The van der Waals surface area contributed by atoms with Crippen molar-refractivity contribution in [2.24, 2.45) is 0 Å². The molecule has 1 rings (SSSR count). The molecule has 15 heavy (non-hydrogen) atoms. The van der Waals surface area contributed by atoms with Gasteiger partial charge in [0.15, 0.2) is 0 Å². The van der Waals surface area contributed by atoms with E-state index in [1.165, 1.54) is 0 Å². The van der Waals surface area contributed by atoms with Crippen LogP contribution in [0.15, 0.2) is 4.63 Å². The normalized spacial score (nSPS) is 12.0. The average Bonchev–Trinajstić information content (AvgIpc) is 2.67. The summed E-state index contributed by atoms with van der Waals surface area (Å²) in [6.07, 6.45) is 0.629. The predicted octanol–water partition coefficient (Wildman–Crippen LogP) is -0.399. The molecule has 0 aliphatic heterocycles. The molecule has 0 unspecified atom stereocenters. The molecule has 0 saturated heterocycles. The molecule has 0 amide bonds. The molecule has 3 N–H and O–H groups in total. The number of nitrogens with zero attached hydrogens (tertiary/aromatic N) is 2. The number of hydrogen-bond donors (Lipinski definition) is 3. The molecular formula is C9H17N3O3. The van der Waals surface area contributed by atoms with Gasteiger partial charge in [-0.2, -0.15) is 0 Å². The van der Waals surface area contributed by atoms with Crippen molar-refractivity contribution >= 4 is 0 Å². The van der Waals surface area contributed by atoms with Crippen LogP contribution in [0.2, 0.25) is 0 Å². The first kappa shape index (κ1) is 12.1. The first-order valence-electron chi connectivity index (χ1n) is 4.92. The summed E-state index contributed by atoms with van der Waals surface area (Å²) in [6.45, 7) is 3.87. The molecule has 0 saturated carbocycles. The first-order chi connectivity index (χ1) is 7.17. The smallest absolute Gasteiger partial charge is 0.121 e. The highest BCUT2D eigenvalue weighted by molar-refractivity contribution is 5.05. The molecule has 86 valence electrons. The minimum absolute atomic E-state index is 0.121. The Morgan fingerprint density at radius 2 is 2.00 bits per heavy atom. The number of aromatic nitrogens is 2. The zero-order valence-corrected chi connectivity index (χ0v) is 9.03. The summed E-state index contributed by atoms with van der Waals surface area (Å²) in [5.41, 5.74) is 0.740. The molecule has 0 aromatic carbocycles. The van der Waals surface area contributed by atoms with E-state index >= 15 is 0 Å². The molecule has 0 atom stereocenters. The van der Waals surface area contributed by atoms with Crippen molar-refractivity contribution in [1.29, 1.82) is 0 Å². The van der Waals surface area contributed by atoms with Gasteiger partial charge in [-0.25, -0.2) is 4.63 Å². The number of rotatable bonds is 6. The lowest BCUT2D eigenvalue weighted by Gasteiger charge is -2.29. The summed E-state index contributed by atoms with van der Waals surface area (Å²) in [7, 11) is 0. The van der Waals surface area contributed by atoms with Crippen LogP contribution in [-0.2, 0) is 6.54 Å². The van der Waals surface area contributed by atoms with Gasteiger partial charge in [0.05, 0.1) is 18.8 Å². The molecule has 6 nitrogen and oxygen atoms in total. The van der Waals surface area contributed by atoms with Crippen LogP contribution >= 0.6 is 0 Å². The molecule has 0 bridgehead atoms. The zero-order valence-electron chi connectivity index (χ0n) is 9.03. The summed E-state index contributed by atoms with van der Waals surface area (Å²) < 4.78 is 4.55. The molecule has 1 heterocycles. The lowest BCUT2D eigenvalue weighted by Crippen LogP contribution is -2.50. The fourth-order valence-electron chi connectivity index (χ4n) is 1.19. The minimum atomic E-state index is -0.661. The van der Waals surface area contributed by atoms with E-state index in [9.17, 15) is 10.2 Å². The molecule has 6 heteroatoms. The van der Waals surface area contributed by atoms with Crippen LogP contribution in [0.5, 0.6) is 0 Å². The van der Waals surface area contributed by atoms with E-state index in [2.05, 4.69) is 20.3 Å². The van der Waals surface area contributed by atoms with Crippen LogP contribution in [0, 0.1) is 6.92 Å². The fourth-order valence-corrected chi connectivity index (χ4v) is 1.19. The number of aryl methyl sites for hydroxylation is 1. The summed E-state index contributed by atoms with van der Waals surface area (Å²) in [4.78, 5) is 0. The van der Waals surface area contributed by atoms with Gasteiger partial charge in [0, 0.05) is 6.54 Å². The maximum atomic E-state index is 9.19. The second kappa shape index (κ2) is 5.20. The topological polar surface area (TPSA) is 91.4 Å². The Morgan fingerprint density at radius 3 is 2.40 bits per heavy atom. The van der Waals surface area contributed by atoms with Gasteiger partial charge in [-0.1, -0.05) is 17.2 Å². The van der Waals surface area contributed by atoms with E-state index in [4.69, 9.17) is 0 Å². The van der Waals surface area contributed by atoms with Crippen molar-refractivity contribution < 1.29 is 14.8 Å². The number of aliphatic hydroxyl groups excluding tert-OH is 2. The van der Waals surface area contributed by atoms with Crippen molar-refractivity contribution in [1.82, 2.24) is 15.6 Å². The molecule has 0 spiro atoms. The molecule has 0 fully saturated rings. The third-order valence-electron chi connectivity index (χ3n) is 2.66. The minimum Gasteiger partial charge on any atom is -0.394 e. The summed E-state index contributed by atoms with van der Waals surface area (Å²) in [6, 6.07) is 0. The molecule has 0 aliphatic carbocycles. The van der Waals surface area contributed by atoms with Gasteiger partial charge < -0.3 is 15.5 Å². The van der Waals surface area contributed by atoms with Crippen LogP contribution in [0.25, 0.3) is 0 Å². The molecule has 1 aromatic rings. The average molecular weight is 215 g/mol. The zero-order chi connectivity index (χ0) is 11.3. The maximum absolute atomic E-state index is 9.19. The Kier molecular flexibility index (Phi) is 4.19. The van der Waals surface area contributed by atoms with Gasteiger partial charge in [-0.15, -0.1) is 0 Å². The van der Waals surface area contributed by atoms with E-state index in [0.717, 1.165) is 0 Å². The highest BCUT2D eigenvalue weighted by atomic mass is 16.6. The Morgan fingerprint density at radius 1 is 1.33 bits per heavy atom. The first-order valence-corrected chi connectivity index (χ1v) is 4.92. The third-order valence-corrected chi connectivity index (χ3v) is 2.66. The molecule has 0 aliphatic rings. The highest BCUT2D eigenvalue weighted by Crippen LogP contribution is 2.10. The number of nitrogens with one attached hydrogen (secondary N) is 1. The number of aliphatic hydroxyl groups is 2. The monoisotopic (exact) mass is 215 g/mol. The Hall–Kier alpha value is -0.980. The Balaban J connectivity index is 2.58. The summed E-state index contributed by atoms with van der Waals surface area (Å²) in [5.74, 6) is 0. The van der Waals surface area contributed by atoms with E-state index in [-0.39, 0.29) is 13.2 Å². The van der Waals surface area contributed by atoms with Crippen molar-refractivity contribution in [3.8, 4) is 0 Å². The van der Waals surface area contributed by atoms with E-state index in [1.807, 2.05) is 6.92 Å². The second-order valence-electron chi connectivity index (χ2n) is 3.60. The Labute approximate surface area is 88.3 Å². The molecule has 0 radical (unpaired) electrons. The van der Waals surface area contributed by atoms with Gasteiger partial charge in [0.25, 0.3) is 0 Å². The largest absolute Gasteiger partial charge is 0.394 e. The summed E-state index contributed by atoms with van der Waals surface area (Å²) >= 11 is 0. The van der Waals surface area contributed by atoms with Crippen LogP contribution in [0.3, 0.4) is 0 Å². The quantitative estimate of drug-likeness (QED) is 0.598. The molecular weight excluding hydrogens is 198 g/mol. The van der Waals surface area contributed by atoms with Gasteiger partial charge >= 0.3 is 0 Å². The lowest BCUT2D eigenvalue weighted by molar-refractivity contribution is 0.0858. The van der Waals surface area contributed by atoms with Crippen LogP contribution < -0.4 is 5.32 Å². The van der Waals surface area contributed by atoms with Crippen LogP contribution in [0.1, 0.15) is 24.7 Å². The maximum Gasteiger partial charge on any atom is 0.121 e. The van der Waals surface area contributed by atoms with Gasteiger partial charge in [0.1, 0.15) is 11.4 Å². The van der Waals surface area contributed by atoms with Gasteiger partial charge in [-0.3, -0.25) is 0 Å². The van der Waals surface area contributed by atoms with Gasteiger partial charge in [0.2, 0.25) is 0 Å². The van der Waals surface area contributed by atoms with Crippen molar-refractivity contribution in [2.75, 3.05) is 13.2 Å². The van der Waals surface area contributed by atoms with E-state index in [1.54, 1.807) is 6.92 Å². The number of hydrogen-bond acceptors (Lipinski definition) is 6. The van der Waals surface area contributed by atoms with Crippen LogP contribution in [0.4, 0.5) is 0 Å². The van der Waals surface area contributed by atoms with Crippen molar-refractivity contribution in [2.45, 2.75) is 32.4 Å². The standard InChI is InChI=1S/C9H17N3O3/c1-3-9(5-13,6-14)10-4-8-7(2)11-15-12-8/h10,13-14H,3-6H2,1-2H3. The van der Waals surface area contributed by atoms with Crippen LogP contribution in [-0.4, -0.2) is 39.3 Å². The molecule has 1 aromatic heterocycles. The third kappa shape index (κ3) is 2.74. The SMILES string of the molecule is CCC(CO)(CO)NCc1nonc1C. The van der Waals surface area contributed by atoms with Gasteiger partial charge in [-0.05, 0) is 13.3 Å².